The Kier molecular flexibility index (Phi) is 4.50. The van der Waals surface area contributed by atoms with Gasteiger partial charge in [0.05, 0.1) is 0 Å². The van der Waals surface area contributed by atoms with E-state index in [1.165, 1.54) is 0 Å². The number of aryl methyl sites for hydroxylation is 1. The highest BCUT2D eigenvalue weighted by Crippen LogP contribution is 2.32. The second kappa shape index (κ2) is 6.55. The molecule has 3 aromatic rings. The molecule has 2 aromatic carbocycles. The Labute approximate surface area is 142 Å². The molecule has 1 heterocycles. The van der Waals surface area contributed by atoms with E-state index in [-0.39, 0.29) is 0 Å². The maximum absolute atomic E-state index is 6.19. The lowest BCUT2D eigenvalue weighted by Gasteiger charge is -2.08. The normalized spacial score (nSPS) is 10.7. The zero-order valence-electron chi connectivity index (χ0n) is 11.9. The molecule has 22 heavy (non-hydrogen) atoms. The molecule has 3 rings (SSSR count). The molecule has 0 fully saturated rings. The van der Waals surface area contributed by atoms with Crippen molar-refractivity contribution in [3.63, 3.8) is 0 Å². The lowest BCUT2D eigenvalue weighted by molar-refractivity contribution is 0.427. The van der Waals surface area contributed by atoms with Crippen molar-refractivity contribution in [3.8, 4) is 11.3 Å². The monoisotopic (exact) mass is 376 g/mol. The van der Waals surface area contributed by atoms with Crippen LogP contribution < -0.4 is 5.32 Å². The Balaban J connectivity index is 1.87. The van der Waals surface area contributed by atoms with Crippen LogP contribution in [0.3, 0.4) is 0 Å². The Hall–Kier alpha value is -1.78. The molecule has 0 aliphatic heterocycles. The van der Waals surface area contributed by atoms with Gasteiger partial charge >= 0.3 is 0 Å². The molecule has 0 aliphatic carbocycles. The van der Waals surface area contributed by atoms with Gasteiger partial charge in [0.2, 0.25) is 0 Å². The number of aromatic nitrogens is 1. The Morgan fingerprint density at radius 1 is 1.14 bits per heavy atom. The highest BCUT2D eigenvalue weighted by Gasteiger charge is 2.15. The van der Waals surface area contributed by atoms with Crippen molar-refractivity contribution < 1.29 is 4.52 Å². The van der Waals surface area contributed by atoms with Gasteiger partial charge in [0, 0.05) is 21.6 Å². The number of nitrogens with zero attached hydrogens (tertiary/aromatic N) is 1. The summed E-state index contributed by atoms with van der Waals surface area (Å²) in [6, 6.07) is 15.7. The summed E-state index contributed by atoms with van der Waals surface area (Å²) < 4.78 is 6.51. The summed E-state index contributed by atoms with van der Waals surface area (Å²) >= 11 is 9.63. The molecule has 0 unspecified atom stereocenters. The molecule has 0 aliphatic rings. The molecule has 1 N–H and O–H groups in total. The SMILES string of the molecule is Cc1noc(-c2ccc(Br)cc2)c1NCc1ccccc1Cl. The smallest absolute Gasteiger partial charge is 0.190 e. The van der Waals surface area contributed by atoms with Crippen LogP contribution in [0.15, 0.2) is 57.5 Å². The third kappa shape index (κ3) is 3.18. The van der Waals surface area contributed by atoms with Gasteiger partial charge in [0.1, 0.15) is 11.4 Å². The lowest BCUT2D eigenvalue weighted by Crippen LogP contribution is -2.01. The fourth-order valence-corrected chi connectivity index (χ4v) is 2.67. The number of rotatable bonds is 4. The summed E-state index contributed by atoms with van der Waals surface area (Å²) in [5.74, 6) is 0.733. The summed E-state index contributed by atoms with van der Waals surface area (Å²) in [7, 11) is 0. The molecule has 3 nitrogen and oxygen atoms in total. The summed E-state index contributed by atoms with van der Waals surface area (Å²) in [6.07, 6.45) is 0. The molecular formula is C17H14BrClN2O. The summed E-state index contributed by atoms with van der Waals surface area (Å²) in [5.41, 5.74) is 3.73. The van der Waals surface area contributed by atoms with E-state index in [2.05, 4.69) is 26.4 Å². The third-order valence-electron chi connectivity index (χ3n) is 3.38. The molecule has 112 valence electrons. The van der Waals surface area contributed by atoms with Crippen molar-refractivity contribution in [2.24, 2.45) is 0 Å². The van der Waals surface area contributed by atoms with Crippen LogP contribution in [-0.4, -0.2) is 5.16 Å². The van der Waals surface area contributed by atoms with Crippen LogP contribution in [0.4, 0.5) is 5.69 Å². The number of hydrogen-bond donors (Lipinski definition) is 1. The van der Waals surface area contributed by atoms with Crippen molar-refractivity contribution in [2.45, 2.75) is 13.5 Å². The van der Waals surface area contributed by atoms with Crippen LogP contribution >= 0.6 is 27.5 Å². The number of benzene rings is 2. The first-order valence-electron chi connectivity index (χ1n) is 6.84. The number of halogens is 2. The number of nitrogens with one attached hydrogen (secondary N) is 1. The van der Waals surface area contributed by atoms with Gasteiger partial charge in [-0.05, 0) is 42.8 Å². The van der Waals surface area contributed by atoms with Crippen LogP contribution in [0.5, 0.6) is 0 Å². The molecule has 0 atom stereocenters. The molecule has 0 spiro atoms. The fraction of sp³-hybridized carbons (Fsp3) is 0.118. The highest BCUT2D eigenvalue weighted by atomic mass is 79.9. The fourth-order valence-electron chi connectivity index (χ4n) is 2.20. The predicted octanol–water partition coefficient (Wildman–Crippen LogP) is 5.68. The first-order valence-corrected chi connectivity index (χ1v) is 8.02. The van der Waals surface area contributed by atoms with Crippen LogP contribution in [0.2, 0.25) is 5.02 Å². The van der Waals surface area contributed by atoms with Gasteiger partial charge in [0.25, 0.3) is 0 Å². The Morgan fingerprint density at radius 2 is 1.86 bits per heavy atom. The summed E-state index contributed by atoms with van der Waals surface area (Å²) in [5, 5.41) is 8.19. The topological polar surface area (TPSA) is 38.1 Å². The summed E-state index contributed by atoms with van der Waals surface area (Å²) in [4.78, 5) is 0. The average Bonchev–Trinajstić information content (AvgIpc) is 2.88. The minimum absolute atomic E-state index is 0.616. The quantitative estimate of drug-likeness (QED) is 0.636. The van der Waals surface area contributed by atoms with Gasteiger partial charge < -0.3 is 9.84 Å². The minimum Gasteiger partial charge on any atom is -0.376 e. The zero-order valence-corrected chi connectivity index (χ0v) is 14.3. The van der Waals surface area contributed by atoms with E-state index in [4.69, 9.17) is 16.1 Å². The van der Waals surface area contributed by atoms with Gasteiger partial charge in [-0.25, -0.2) is 0 Å². The second-order valence-corrected chi connectivity index (χ2v) is 6.25. The molecule has 0 saturated carbocycles. The van der Waals surface area contributed by atoms with Crippen molar-refractivity contribution in [3.05, 3.63) is 69.3 Å². The molecular weight excluding hydrogens is 364 g/mol. The van der Waals surface area contributed by atoms with Crippen LogP contribution in [-0.2, 0) is 6.54 Å². The summed E-state index contributed by atoms with van der Waals surface area (Å²) in [6.45, 7) is 2.53. The van der Waals surface area contributed by atoms with Gasteiger partial charge in [-0.1, -0.05) is 50.9 Å². The second-order valence-electron chi connectivity index (χ2n) is 4.92. The van der Waals surface area contributed by atoms with Crippen LogP contribution in [0.1, 0.15) is 11.3 Å². The first kappa shape index (κ1) is 15.1. The Bertz CT molecular complexity index is 784. The largest absolute Gasteiger partial charge is 0.376 e. The first-order chi connectivity index (χ1) is 10.6. The number of hydrogen-bond acceptors (Lipinski definition) is 3. The van der Waals surface area contributed by atoms with Gasteiger partial charge in [-0.2, -0.15) is 0 Å². The van der Waals surface area contributed by atoms with Gasteiger partial charge in [-0.15, -0.1) is 0 Å². The van der Waals surface area contributed by atoms with Crippen molar-refractivity contribution in [2.75, 3.05) is 5.32 Å². The van der Waals surface area contributed by atoms with E-state index >= 15 is 0 Å². The maximum atomic E-state index is 6.19. The molecule has 0 saturated heterocycles. The van der Waals surface area contributed by atoms with Crippen molar-refractivity contribution >= 4 is 33.2 Å². The molecule has 1 aromatic heterocycles. The van der Waals surface area contributed by atoms with E-state index in [0.717, 1.165) is 37.8 Å². The van der Waals surface area contributed by atoms with Gasteiger partial charge in [0.15, 0.2) is 5.76 Å². The van der Waals surface area contributed by atoms with Crippen molar-refractivity contribution in [1.29, 1.82) is 0 Å². The lowest BCUT2D eigenvalue weighted by atomic mass is 10.1. The van der Waals surface area contributed by atoms with E-state index in [0.29, 0.717) is 6.54 Å². The van der Waals surface area contributed by atoms with E-state index in [9.17, 15) is 0 Å². The average molecular weight is 378 g/mol. The standard InChI is InChI=1S/C17H14BrClN2O/c1-11-16(20-10-13-4-2-3-5-15(13)19)17(22-21-11)12-6-8-14(18)9-7-12/h2-9,20H,10H2,1H3. The molecule has 0 amide bonds. The highest BCUT2D eigenvalue weighted by molar-refractivity contribution is 9.10. The van der Waals surface area contributed by atoms with E-state index in [1.807, 2.05) is 55.5 Å². The number of anilines is 1. The molecule has 5 heteroatoms. The zero-order chi connectivity index (χ0) is 15.5. The van der Waals surface area contributed by atoms with Crippen LogP contribution in [0.25, 0.3) is 11.3 Å². The minimum atomic E-state index is 0.616. The van der Waals surface area contributed by atoms with Crippen LogP contribution in [0, 0.1) is 6.92 Å². The predicted molar refractivity (Wildman–Crippen MR) is 93.2 cm³/mol. The molecule has 0 radical (unpaired) electrons. The Morgan fingerprint density at radius 3 is 2.59 bits per heavy atom. The van der Waals surface area contributed by atoms with E-state index < -0.39 is 0 Å². The van der Waals surface area contributed by atoms with E-state index in [1.54, 1.807) is 0 Å². The molecule has 0 bridgehead atoms. The van der Waals surface area contributed by atoms with Crippen molar-refractivity contribution in [1.82, 2.24) is 5.16 Å². The maximum Gasteiger partial charge on any atom is 0.190 e. The van der Waals surface area contributed by atoms with Gasteiger partial charge in [-0.3, -0.25) is 0 Å². The third-order valence-corrected chi connectivity index (χ3v) is 4.28.